The Morgan fingerprint density at radius 1 is 1.35 bits per heavy atom. The van der Waals surface area contributed by atoms with E-state index >= 15 is 0 Å². The van der Waals surface area contributed by atoms with Crippen LogP contribution in [0.2, 0.25) is 0 Å². The normalized spacial score (nSPS) is 10.2. The lowest BCUT2D eigenvalue weighted by Gasteiger charge is -2.08. The predicted molar refractivity (Wildman–Crippen MR) is 84.5 cm³/mol. The van der Waals surface area contributed by atoms with Crippen LogP contribution in [0.1, 0.15) is 18.9 Å². The molecule has 4 nitrogen and oxygen atoms in total. The van der Waals surface area contributed by atoms with Crippen LogP contribution < -0.4 is 10.5 Å². The molecule has 0 spiro atoms. The van der Waals surface area contributed by atoms with Gasteiger partial charge in [-0.25, -0.2) is 0 Å². The van der Waals surface area contributed by atoms with E-state index in [1.165, 1.54) is 5.56 Å². The number of nitrogens with zero attached hydrogens (tertiary/aromatic N) is 2. The molecule has 110 valence electrons. The molecule has 2 rings (SSSR count). The molecule has 0 saturated heterocycles. The Morgan fingerprint density at radius 3 is 2.85 bits per heavy atom. The van der Waals surface area contributed by atoms with Crippen LogP contribution >= 0.6 is 12.4 Å². The molecule has 2 N–H and O–H groups in total. The van der Waals surface area contributed by atoms with Crippen molar-refractivity contribution in [2.24, 2.45) is 5.73 Å². The fraction of sp³-hybridized carbons (Fsp3) is 0.400. The maximum Gasteiger partial charge on any atom is 0.119 e. The summed E-state index contributed by atoms with van der Waals surface area (Å²) >= 11 is 0. The molecular formula is C15H22ClN3O. The van der Waals surface area contributed by atoms with Gasteiger partial charge in [-0.2, -0.15) is 5.10 Å². The highest BCUT2D eigenvalue weighted by Gasteiger charge is 2.06. The van der Waals surface area contributed by atoms with Gasteiger partial charge < -0.3 is 10.5 Å². The zero-order valence-electron chi connectivity index (χ0n) is 12.0. The molecule has 5 heteroatoms. The van der Waals surface area contributed by atoms with Gasteiger partial charge in [-0.3, -0.25) is 4.68 Å². The van der Waals surface area contributed by atoms with Crippen LogP contribution in [0, 0.1) is 6.92 Å². The minimum absolute atomic E-state index is 0. The zero-order valence-corrected chi connectivity index (χ0v) is 12.8. The zero-order chi connectivity index (χ0) is 13.7. The van der Waals surface area contributed by atoms with Gasteiger partial charge in [0, 0.05) is 18.3 Å². The van der Waals surface area contributed by atoms with Crippen LogP contribution in [-0.2, 0) is 6.54 Å². The Hall–Kier alpha value is -1.52. The Bertz CT molecular complexity index is 540. The van der Waals surface area contributed by atoms with E-state index in [9.17, 15) is 0 Å². The first kappa shape index (κ1) is 16.5. The molecule has 20 heavy (non-hydrogen) atoms. The molecule has 0 fully saturated rings. The van der Waals surface area contributed by atoms with Gasteiger partial charge in [0.2, 0.25) is 0 Å². The third-order valence-electron chi connectivity index (χ3n) is 2.98. The highest BCUT2D eigenvalue weighted by Crippen LogP contribution is 2.27. The van der Waals surface area contributed by atoms with Crippen molar-refractivity contribution >= 4 is 12.4 Å². The average Bonchev–Trinajstić information content (AvgIpc) is 2.87. The summed E-state index contributed by atoms with van der Waals surface area (Å²) in [4.78, 5) is 0. The number of rotatable bonds is 6. The molecule has 0 aliphatic carbocycles. The molecule has 0 radical (unpaired) electrons. The van der Waals surface area contributed by atoms with Crippen molar-refractivity contribution in [3.63, 3.8) is 0 Å². The lowest BCUT2D eigenvalue weighted by Crippen LogP contribution is -2.09. The van der Waals surface area contributed by atoms with Crippen LogP contribution in [0.4, 0.5) is 0 Å². The molecule has 0 atom stereocenters. The molecule has 1 aromatic heterocycles. The number of hydrogen-bond donors (Lipinski definition) is 1. The number of aromatic nitrogens is 2. The fourth-order valence-corrected chi connectivity index (χ4v) is 1.98. The highest BCUT2D eigenvalue weighted by molar-refractivity contribution is 5.85. The van der Waals surface area contributed by atoms with Crippen molar-refractivity contribution in [1.82, 2.24) is 9.78 Å². The van der Waals surface area contributed by atoms with E-state index < -0.39 is 0 Å². The number of aryl methyl sites for hydroxylation is 1. The lowest BCUT2D eigenvalue weighted by atomic mass is 10.0. The first-order valence-corrected chi connectivity index (χ1v) is 6.71. The maximum absolute atomic E-state index is 5.68. The van der Waals surface area contributed by atoms with Crippen molar-refractivity contribution < 1.29 is 4.74 Å². The molecule has 0 aliphatic rings. The number of ether oxygens (including phenoxy) is 1. The van der Waals surface area contributed by atoms with E-state index in [0.29, 0.717) is 6.54 Å². The van der Waals surface area contributed by atoms with E-state index in [0.717, 1.165) is 36.4 Å². The Labute approximate surface area is 126 Å². The Kier molecular flexibility index (Phi) is 6.55. The first-order valence-electron chi connectivity index (χ1n) is 6.71. The molecule has 0 aliphatic heterocycles. The summed E-state index contributed by atoms with van der Waals surface area (Å²) in [7, 11) is 0. The van der Waals surface area contributed by atoms with Crippen LogP contribution in [0.15, 0.2) is 30.6 Å². The summed E-state index contributed by atoms with van der Waals surface area (Å²) in [5.41, 5.74) is 9.02. The van der Waals surface area contributed by atoms with Gasteiger partial charge in [-0.05, 0) is 36.6 Å². The van der Waals surface area contributed by atoms with Crippen LogP contribution in [-0.4, -0.2) is 22.9 Å². The minimum Gasteiger partial charge on any atom is -0.494 e. The molecule has 2 aromatic rings. The summed E-state index contributed by atoms with van der Waals surface area (Å²) in [5.74, 6) is 0.911. The Morgan fingerprint density at radius 2 is 2.15 bits per heavy atom. The van der Waals surface area contributed by atoms with Gasteiger partial charge in [0.1, 0.15) is 5.75 Å². The van der Waals surface area contributed by atoms with Crippen LogP contribution in [0.5, 0.6) is 5.75 Å². The summed E-state index contributed by atoms with van der Waals surface area (Å²) in [6, 6.07) is 6.17. The second kappa shape index (κ2) is 7.92. The maximum atomic E-state index is 5.68. The van der Waals surface area contributed by atoms with E-state index in [1.54, 1.807) is 0 Å². The van der Waals surface area contributed by atoms with Gasteiger partial charge in [0.05, 0.1) is 19.3 Å². The topological polar surface area (TPSA) is 53.1 Å². The molecule has 0 saturated carbocycles. The van der Waals surface area contributed by atoms with Gasteiger partial charge in [0.25, 0.3) is 0 Å². The van der Waals surface area contributed by atoms with Crippen LogP contribution in [0.25, 0.3) is 11.1 Å². The van der Waals surface area contributed by atoms with E-state index in [2.05, 4.69) is 31.1 Å². The van der Waals surface area contributed by atoms with Gasteiger partial charge >= 0.3 is 0 Å². The first-order chi connectivity index (χ1) is 9.24. The number of halogens is 1. The molecule has 0 bridgehead atoms. The lowest BCUT2D eigenvalue weighted by molar-refractivity contribution is 0.317. The standard InChI is InChI=1S/C15H21N3O.ClH/c1-3-8-19-14-5-4-12(2)15(9-14)13-10-17-18(11-13)7-6-16;/h4-5,9-11H,3,6-8,16H2,1-2H3;1H. The third-order valence-corrected chi connectivity index (χ3v) is 2.98. The van der Waals surface area contributed by atoms with Gasteiger partial charge in [-0.1, -0.05) is 13.0 Å². The van der Waals surface area contributed by atoms with Crippen molar-refractivity contribution in [2.75, 3.05) is 13.2 Å². The number of nitrogens with two attached hydrogens (primary N) is 1. The second-order valence-electron chi connectivity index (χ2n) is 4.61. The summed E-state index contributed by atoms with van der Waals surface area (Å²) in [6.07, 6.45) is 4.91. The molecule has 0 amide bonds. The van der Waals surface area contributed by atoms with E-state index in [1.807, 2.05) is 23.1 Å². The fourth-order valence-electron chi connectivity index (χ4n) is 1.98. The van der Waals surface area contributed by atoms with Crippen molar-refractivity contribution in [1.29, 1.82) is 0 Å². The van der Waals surface area contributed by atoms with Crippen molar-refractivity contribution in [3.05, 3.63) is 36.2 Å². The third kappa shape index (κ3) is 3.99. The van der Waals surface area contributed by atoms with Crippen LogP contribution in [0.3, 0.4) is 0 Å². The monoisotopic (exact) mass is 295 g/mol. The average molecular weight is 296 g/mol. The molecule has 1 aromatic carbocycles. The molecule has 1 heterocycles. The molecular weight excluding hydrogens is 274 g/mol. The molecule has 0 unspecified atom stereocenters. The SMILES string of the molecule is CCCOc1ccc(C)c(-c2cnn(CCN)c2)c1.Cl. The van der Waals surface area contributed by atoms with E-state index in [-0.39, 0.29) is 12.4 Å². The van der Waals surface area contributed by atoms with Gasteiger partial charge in [0.15, 0.2) is 0 Å². The summed E-state index contributed by atoms with van der Waals surface area (Å²) in [6.45, 7) is 6.28. The summed E-state index contributed by atoms with van der Waals surface area (Å²) in [5, 5.41) is 4.31. The largest absolute Gasteiger partial charge is 0.494 e. The summed E-state index contributed by atoms with van der Waals surface area (Å²) < 4.78 is 7.55. The van der Waals surface area contributed by atoms with E-state index in [4.69, 9.17) is 10.5 Å². The van der Waals surface area contributed by atoms with Crippen molar-refractivity contribution in [3.8, 4) is 16.9 Å². The Balaban J connectivity index is 0.00000200. The number of benzene rings is 1. The minimum atomic E-state index is 0. The highest BCUT2D eigenvalue weighted by atomic mass is 35.5. The number of hydrogen-bond acceptors (Lipinski definition) is 3. The van der Waals surface area contributed by atoms with Gasteiger partial charge in [-0.15, -0.1) is 12.4 Å². The second-order valence-corrected chi connectivity index (χ2v) is 4.61. The quantitative estimate of drug-likeness (QED) is 0.891. The van der Waals surface area contributed by atoms with Crippen molar-refractivity contribution in [2.45, 2.75) is 26.8 Å². The smallest absolute Gasteiger partial charge is 0.119 e. The predicted octanol–water partition coefficient (Wildman–Crippen LogP) is 3.03.